The van der Waals surface area contributed by atoms with Crippen molar-refractivity contribution in [1.82, 2.24) is 19.6 Å². The fourth-order valence-corrected chi connectivity index (χ4v) is 2.32. The Morgan fingerprint density at radius 3 is 2.35 bits per heavy atom. The molecule has 2 aromatic heterocycles. The smallest absolute Gasteiger partial charge is 0.274 e. The van der Waals surface area contributed by atoms with Gasteiger partial charge in [0.15, 0.2) is 5.69 Å². The van der Waals surface area contributed by atoms with E-state index in [4.69, 9.17) is 0 Å². The van der Waals surface area contributed by atoms with Crippen molar-refractivity contribution < 1.29 is 4.79 Å². The van der Waals surface area contributed by atoms with Crippen molar-refractivity contribution in [2.75, 3.05) is 0 Å². The molecule has 5 nitrogen and oxygen atoms in total. The summed E-state index contributed by atoms with van der Waals surface area (Å²) in [4.78, 5) is 12.2. The predicted octanol–water partition coefficient (Wildman–Crippen LogP) is 2.45. The summed E-state index contributed by atoms with van der Waals surface area (Å²) in [6.07, 6.45) is 1.73. The average molecular weight is 362 g/mol. The van der Waals surface area contributed by atoms with Gasteiger partial charge in [-0.3, -0.25) is 9.48 Å². The van der Waals surface area contributed by atoms with E-state index in [1.54, 1.807) is 17.9 Å². The van der Waals surface area contributed by atoms with E-state index in [0.29, 0.717) is 10.2 Å². The van der Waals surface area contributed by atoms with E-state index in [1.165, 1.54) is 4.68 Å². The van der Waals surface area contributed by atoms with Gasteiger partial charge in [0.05, 0.1) is 20.3 Å². The summed E-state index contributed by atoms with van der Waals surface area (Å²) < 4.78 is 4.44. The molecule has 2 heterocycles. The van der Waals surface area contributed by atoms with Crippen molar-refractivity contribution >= 4 is 37.8 Å². The fourth-order valence-electron chi connectivity index (χ4n) is 1.53. The van der Waals surface area contributed by atoms with Crippen LogP contribution in [0.1, 0.15) is 21.9 Å². The van der Waals surface area contributed by atoms with Gasteiger partial charge in [-0.2, -0.15) is 14.9 Å². The van der Waals surface area contributed by atoms with Gasteiger partial charge in [0, 0.05) is 13.2 Å². The Bertz CT molecular complexity index is 600. The van der Waals surface area contributed by atoms with E-state index in [-0.39, 0.29) is 5.91 Å². The number of carbonyl (C=O) groups excluding carboxylic acids is 1. The first-order valence-electron chi connectivity index (χ1n) is 4.87. The molecule has 0 fully saturated rings. The molecule has 17 heavy (non-hydrogen) atoms. The summed E-state index contributed by atoms with van der Waals surface area (Å²) >= 11 is 6.70. The van der Waals surface area contributed by atoms with Crippen LogP contribution in [0.25, 0.3) is 0 Å². The number of hydrogen-bond acceptors (Lipinski definition) is 3. The molecular weight excluding hydrogens is 352 g/mol. The first kappa shape index (κ1) is 12.5. The summed E-state index contributed by atoms with van der Waals surface area (Å²) in [6.45, 7) is 3.67. The van der Waals surface area contributed by atoms with E-state index in [9.17, 15) is 4.79 Å². The molecule has 0 aliphatic rings. The van der Waals surface area contributed by atoms with Crippen molar-refractivity contribution in [3.05, 3.63) is 32.2 Å². The Kier molecular flexibility index (Phi) is 3.22. The molecule has 0 aromatic carbocycles. The number of hydrogen-bond donors (Lipinski definition) is 0. The minimum atomic E-state index is -0.247. The molecular formula is C10H10Br2N4O. The molecule has 0 aliphatic carbocycles. The molecule has 0 atom stereocenters. The topological polar surface area (TPSA) is 52.7 Å². The van der Waals surface area contributed by atoms with Crippen LogP contribution in [-0.2, 0) is 7.05 Å². The van der Waals surface area contributed by atoms with E-state index in [2.05, 4.69) is 42.1 Å². The Morgan fingerprint density at radius 1 is 1.29 bits per heavy atom. The minimum absolute atomic E-state index is 0.247. The molecule has 0 aliphatic heterocycles. The van der Waals surface area contributed by atoms with Gasteiger partial charge in [-0.25, -0.2) is 0 Å². The van der Waals surface area contributed by atoms with Crippen molar-refractivity contribution in [2.45, 2.75) is 13.8 Å². The summed E-state index contributed by atoms with van der Waals surface area (Å²) in [6, 6.07) is 0. The molecule has 0 N–H and O–H groups in total. The van der Waals surface area contributed by atoms with Gasteiger partial charge in [-0.15, -0.1) is 0 Å². The molecule has 2 rings (SSSR count). The summed E-state index contributed by atoms with van der Waals surface area (Å²) in [7, 11) is 1.76. The number of rotatable bonds is 1. The lowest BCUT2D eigenvalue weighted by Gasteiger charge is -2.00. The highest BCUT2D eigenvalue weighted by Crippen LogP contribution is 2.22. The standard InChI is InChI=1S/C10H10Br2N4O/c1-5-8(12)6(2)16(13-5)10(17)9-7(11)4-15(3)14-9/h4H,1-3H3. The first-order chi connectivity index (χ1) is 7.91. The van der Waals surface area contributed by atoms with Gasteiger partial charge in [0.25, 0.3) is 5.91 Å². The molecule has 0 saturated heterocycles. The van der Waals surface area contributed by atoms with Crippen LogP contribution in [0.3, 0.4) is 0 Å². The van der Waals surface area contributed by atoms with Crippen LogP contribution in [0.15, 0.2) is 15.1 Å². The largest absolute Gasteiger partial charge is 0.300 e. The van der Waals surface area contributed by atoms with Gasteiger partial charge in [-0.1, -0.05) is 0 Å². The van der Waals surface area contributed by atoms with Crippen molar-refractivity contribution in [3.63, 3.8) is 0 Å². The van der Waals surface area contributed by atoms with Gasteiger partial charge in [0.2, 0.25) is 0 Å². The second-order valence-electron chi connectivity index (χ2n) is 3.70. The Labute approximate surface area is 115 Å². The summed E-state index contributed by atoms with van der Waals surface area (Å²) in [5.74, 6) is -0.247. The monoisotopic (exact) mass is 360 g/mol. The number of halogens is 2. The van der Waals surface area contributed by atoms with Crippen LogP contribution in [0.4, 0.5) is 0 Å². The quantitative estimate of drug-likeness (QED) is 0.783. The fraction of sp³-hybridized carbons (Fsp3) is 0.300. The molecule has 0 radical (unpaired) electrons. The van der Waals surface area contributed by atoms with Gasteiger partial charge >= 0.3 is 0 Å². The third kappa shape index (κ3) is 2.09. The van der Waals surface area contributed by atoms with Crippen LogP contribution >= 0.6 is 31.9 Å². The number of carbonyl (C=O) groups is 1. The number of nitrogens with zero attached hydrogens (tertiary/aromatic N) is 4. The molecule has 0 unspecified atom stereocenters. The minimum Gasteiger partial charge on any atom is -0.274 e. The first-order valence-corrected chi connectivity index (χ1v) is 6.46. The average Bonchev–Trinajstić information content (AvgIpc) is 2.72. The van der Waals surface area contributed by atoms with Gasteiger partial charge < -0.3 is 0 Å². The lowest BCUT2D eigenvalue weighted by molar-refractivity contribution is 0.0936. The third-order valence-corrected chi connectivity index (χ3v) is 4.11. The van der Waals surface area contributed by atoms with Gasteiger partial charge in [-0.05, 0) is 45.7 Å². The van der Waals surface area contributed by atoms with Crippen molar-refractivity contribution in [2.24, 2.45) is 7.05 Å². The zero-order chi connectivity index (χ0) is 12.7. The highest BCUT2D eigenvalue weighted by Gasteiger charge is 2.21. The van der Waals surface area contributed by atoms with E-state index < -0.39 is 0 Å². The zero-order valence-corrected chi connectivity index (χ0v) is 12.7. The predicted molar refractivity (Wildman–Crippen MR) is 70.0 cm³/mol. The third-order valence-electron chi connectivity index (χ3n) is 2.38. The number of aryl methyl sites for hydroxylation is 2. The van der Waals surface area contributed by atoms with Gasteiger partial charge in [0.1, 0.15) is 0 Å². The highest BCUT2D eigenvalue weighted by molar-refractivity contribution is 9.10. The molecule has 0 bridgehead atoms. The van der Waals surface area contributed by atoms with E-state index >= 15 is 0 Å². The SMILES string of the molecule is Cc1nn(C(=O)c2nn(C)cc2Br)c(C)c1Br. The lowest BCUT2D eigenvalue weighted by Crippen LogP contribution is -2.16. The van der Waals surface area contributed by atoms with Crippen LogP contribution in [0.2, 0.25) is 0 Å². The maximum atomic E-state index is 12.2. The van der Waals surface area contributed by atoms with Crippen LogP contribution < -0.4 is 0 Å². The van der Waals surface area contributed by atoms with Crippen LogP contribution in [0, 0.1) is 13.8 Å². The van der Waals surface area contributed by atoms with Crippen LogP contribution in [0.5, 0.6) is 0 Å². The number of aromatic nitrogens is 4. The molecule has 0 amide bonds. The molecule has 2 aromatic rings. The van der Waals surface area contributed by atoms with Crippen molar-refractivity contribution in [1.29, 1.82) is 0 Å². The molecule has 90 valence electrons. The summed E-state index contributed by atoms with van der Waals surface area (Å²) in [5.41, 5.74) is 1.90. The second-order valence-corrected chi connectivity index (χ2v) is 5.35. The van der Waals surface area contributed by atoms with Crippen molar-refractivity contribution in [3.8, 4) is 0 Å². The van der Waals surface area contributed by atoms with Crippen LogP contribution in [-0.4, -0.2) is 25.5 Å². The highest BCUT2D eigenvalue weighted by atomic mass is 79.9. The second kappa shape index (κ2) is 4.38. The Hall–Kier alpha value is -0.950. The zero-order valence-electron chi connectivity index (χ0n) is 9.53. The maximum absolute atomic E-state index is 12.2. The normalized spacial score (nSPS) is 10.9. The molecule has 7 heteroatoms. The summed E-state index contributed by atoms with van der Waals surface area (Å²) in [5, 5.41) is 8.30. The van der Waals surface area contributed by atoms with E-state index in [0.717, 1.165) is 15.9 Å². The molecule has 0 spiro atoms. The lowest BCUT2D eigenvalue weighted by atomic mass is 10.4. The maximum Gasteiger partial charge on any atom is 0.300 e. The Morgan fingerprint density at radius 2 is 1.94 bits per heavy atom. The molecule has 0 saturated carbocycles. The Balaban J connectivity index is 2.51. The van der Waals surface area contributed by atoms with E-state index in [1.807, 2.05) is 13.8 Å².